The number of para-hydroxylation sites is 1. The first-order valence-corrected chi connectivity index (χ1v) is 7.03. The third-order valence-corrected chi connectivity index (χ3v) is 3.94. The van der Waals surface area contributed by atoms with Crippen LogP contribution in [0.5, 0.6) is 5.75 Å². The first-order valence-electron chi connectivity index (χ1n) is 7.03. The average Bonchev–Trinajstić information content (AvgIpc) is 3.31. The number of aromatic hydroxyl groups is 1. The Kier molecular flexibility index (Phi) is 3.34. The molecule has 0 atom stereocenters. The standard InChI is InChI=1S/C15H18N2O3/c18-13-4-2-1-3-12(13)15(20)17-9-7-16(8-10-17)14(19)11-5-6-11/h1-4,11,18H,5-10H2. The van der Waals surface area contributed by atoms with Crippen LogP contribution in [-0.2, 0) is 4.79 Å². The van der Waals surface area contributed by atoms with Gasteiger partial charge in [-0.25, -0.2) is 0 Å². The Bertz CT molecular complexity index is 532. The van der Waals surface area contributed by atoms with Crippen molar-refractivity contribution in [3.8, 4) is 5.75 Å². The Hall–Kier alpha value is -2.04. The average molecular weight is 274 g/mol. The molecule has 1 aromatic carbocycles. The molecule has 2 aliphatic rings. The van der Waals surface area contributed by atoms with Crippen LogP contribution in [0.15, 0.2) is 24.3 Å². The zero-order valence-corrected chi connectivity index (χ0v) is 11.3. The second kappa shape index (κ2) is 5.15. The molecule has 1 aliphatic carbocycles. The number of piperazine rings is 1. The van der Waals surface area contributed by atoms with Gasteiger partial charge in [-0.15, -0.1) is 0 Å². The maximum Gasteiger partial charge on any atom is 0.257 e. The van der Waals surface area contributed by atoms with Crippen molar-refractivity contribution in [2.75, 3.05) is 26.2 Å². The topological polar surface area (TPSA) is 60.9 Å². The number of phenolic OH excluding ortho intramolecular Hbond substituents is 1. The molecule has 5 heteroatoms. The maximum absolute atomic E-state index is 12.3. The van der Waals surface area contributed by atoms with Gasteiger partial charge in [0.2, 0.25) is 5.91 Å². The van der Waals surface area contributed by atoms with Gasteiger partial charge in [0.05, 0.1) is 5.56 Å². The molecule has 0 aromatic heterocycles. The smallest absolute Gasteiger partial charge is 0.257 e. The lowest BCUT2D eigenvalue weighted by Gasteiger charge is -2.35. The van der Waals surface area contributed by atoms with Crippen LogP contribution in [-0.4, -0.2) is 52.9 Å². The summed E-state index contributed by atoms with van der Waals surface area (Å²) in [7, 11) is 0. The molecule has 1 saturated heterocycles. The number of benzene rings is 1. The van der Waals surface area contributed by atoms with Crippen molar-refractivity contribution in [2.45, 2.75) is 12.8 Å². The van der Waals surface area contributed by atoms with Crippen molar-refractivity contribution >= 4 is 11.8 Å². The van der Waals surface area contributed by atoms with E-state index in [9.17, 15) is 14.7 Å². The van der Waals surface area contributed by atoms with Crippen LogP contribution >= 0.6 is 0 Å². The molecule has 1 saturated carbocycles. The summed E-state index contributed by atoms with van der Waals surface area (Å²) in [5.74, 6) is 0.311. The molecule has 1 aromatic rings. The summed E-state index contributed by atoms with van der Waals surface area (Å²) in [6.45, 7) is 2.25. The summed E-state index contributed by atoms with van der Waals surface area (Å²) in [6, 6.07) is 6.57. The Labute approximate surface area is 117 Å². The molecule has 2 fully saturated rings. The molecule has 3 rings (SSSR count). The molecule has 0 spiro atoms. The lowest BCUT2D eigenvalue weighted by atomic mass is 10.1. The van der Waals surface area contributed by atoms with Crippen molar-refractivity contribution in [2.24, 2.45) is 5.92 Å². The third kappa shape index (κ3) is 2.48. The lowest BCUT2D eigenvalue weighted by molar-refractivity contribution is -0.134. The zero-order chi connectivity index (χ0) is 14.1. The predicted octanol–water partition coefficient (Wildman–Crippen LogP) is 1.09. The number of hydrogen-bond acceptors (Lipinski definition) is 3. The van der Waals surface area contributed by atoms with Gasteiger partial charge in [0.1, 0.15) is 5.75 Å². The van der Waals surface area contributed by atoms with Crippen LogP contribution in [0.1, 0.15) is 23.2 Å². The molecule has 106 valence electrons. The van der Waals surface area contributed by atoms with Crippen molar-refractivity contribution in [3.05, 3.63) is 29.8 Å². The summed E-state index contributed by atoms with van der Waals surface area (Å²) >= 11 is 0. The fourth-order valence-corrected chi connectivity index (χ4v) is 2.54. The molecule has 5 nitrogen and oxygen atoms in total. The quantitative estimate of drug-likeness (QED) is 0.878. The summed E-state index contributed by atoms with van der Waals surface area (Å²) < 4.78 is 0. The van der Waals surface area contributed by atoms with Gasteiger partial charge in [0, 0.05) is 32.1 Å². The molecule has 0 bridgehead atoms. The maximum atomic E-state index is 12.3. The highest BCUT2D eigenvalue weighted by Crippen LogP contribution is 2.31. The van der Waals surface area contributed by atoms with E-state index in [-0.39, 0.29) is 23.5 Å². The van der Waals surface area contributed by atoms with Crippen molar-refractivity contribution < 1.29 is 14.7 Å². The van der Waals surface area contributed by atoms with Crippen LogP contribution in [0.4, 0.5) is 0 Å². The van der Waals surface area contributed by atoms with Crippen LogP contribution in [0.25, 0.3) is 0 Å². The molecule has 1 N–H and O–H groups in total. The van der Waals surface area contributed by atoms with Crippen LogP contribution in [0, 0.1) is 5.92 Å². The molecular weight excluding hydrogens is 256 g/mol. The number of nitrogens with zero attached hydrogens (tertiary/aromatic N) is 2. The highest BCUT2D eigenvalue weighted by atomic mass is 16.3. The fourth-order valence-electron chi connectivity index (χ4n) is 2.54. The van der Waals surface area contributed by atoms with E-state index in [2.05, 4.69) is 0 Å². The Morgan fingerprint density at radius 1 is 1.00 bits per heavy atom. The predicted molar refractivity (Wildman–Crippen MR) is 73.3 cm³/mol. The number of phenols is 1. The molecule has 0 radical (unpaired) electrons. The van der Waals surface area contributed by atoms with Crippen molar-refractivity contribution in [1.82, 2.24) is 9.80 Å². The van der Waals surface area contributed by atoms with E-state index in [1.54, 1.807) is 23.1 Å². The van der Waals surface area contributed by atoms with E-state index >= 15 is 0 Å². The second-order valence-corrected chi connectivity index (χ2v) is 5.41. The highest BCUT2D eigenvalue weighted by molar-refractivity contribution is 5.97. The van der Waals surface area contributed by atoms with E-state index in [0.717, 1.165) is 12.8 Å². The minimum Gasteiger partial charge on any atom is -0.507 e. The van der Waals surface area contributed by atoms with Crippen LogP contribution in [0.2, 0.25) is 0 Å². The number of carbonyl (C=O) groups excluding carboxylic acids is 2. The fraction of sp³-hybridized carbons (Fsp3) is 0.467. The summed E-state index contributed by atoms with van der Waals surface area (Å²) in [6.07, 6.45) is 2.02. The number of carbonyl (C=O) groups is 2. The van der Waals surface area contributed by atoms with Gasteiger partial charge in [-0.05, 0) is 25.0 Å². The molecule has 0 unspecified atom stereocenters. The second-order valence-electron chi connectivity index (χ2n) is 5.41. The van der Waals surface area contributed by atoms with Crippen LogP contribution in [0.3, 0.4) is 0 Å². The molecular formula is C15H18N2O3. The SMILES string of the molecule is O=C(c1ccccc1O)N1CCN(C(=O)C2CC2)CC1. The third-order valence-electron chi connectivity index (χ3n) is 3.94. The largest absolute Gasteiger partial charge is 0.507 e. The van der Waals surface area contributed by atoms with Crippen molar-refractivity contribution in [3.63, 3.8) is 0 Å². The first kappa shape index (κ1) is 13.0. The first-order chi connectivity index (χ1) is 9.66. The molecule has 1 aliphatic heterocycles. The zero-order valence-electron chi connectivity index (χ0n) is 11.3. The van der Waals surface area contributed by atoms with Gasteiger partial charge in [-0.1, -0.05) is 12.1 Å². The van der Waals surface area contributed by atoms with Crippen molar-refractivity contribution in [1.29, 1.82) is 0 Å². The minimum absolute atomic E-state index is 0.00832. The Balaban J connectivity index is 1.61. The monoisotopic (exact) mass is 274 g/mol. The van der Waals surface area contributed by atoms with Gasteiger partial charge in [0.25, 0.3) is 5.91 Å². The summed E-state index contributed by atoms with van der Waals surface area (Å²) in [5.41, 5.74) is 0.328. The highest BCUT2D eigenvalue weighted by Gasteiger charge is 2.35. The lowest BCUT2D eigenvalue weighted by Crippen LogP contribution is -2.51. The van der Waals surface area contributed by atoms with E-state index in [1.807, 2.05) is 4.90 Å². The van der Waals surface area contributed by atoms with Gasteiger partial charge >= 0.3 is 0 Å². The summed E-state index contributed by atoms with van der Waals surface area (Å²) in [5, 5.41) is 9.72. The van der Waals surface area contributed by atoms with E-state index in [4.69, 9.17) is 0 Å². The number of amides is 2. The molecule has 1 heterocycles. The Morgan fingerprint density at radius 2 is 1.60 bits per heavy atom. The van der Waals surface area contributed by atoms with E-state index in [1.165, 1.54) is 6.07 Å². The normalized spacial score (nSPS) is 19.0. The van der Waals surface area contributed by atoms with Gasteiger partial charge in [-0.2, -0.15) is 0 Å². The van der Waals surface area contributed by atoms with E-state index in [0.29, 0.717) is 31.7 Å². The number of hydrogen-bond donors (Lipinski definition) is 1. The van der Waals surface area contributed by atoms with Crippen LogP contribution < -0.4 is 0 Å². The number of rotatable bonds is 2. The minimum atomic E-state index is -0.165. The van der Waals surface area contributed by atoms with E-state index < -0.39 is 0 Å². The van der Waals surface area contributed by atoms with Gasteiger partial charge in [0.15, 0.2) is 0 Å². The molecule has 2 amide bonds. The van der Waals surface area contributed by atoms with Gasteiger partial charge in [-0.3, -0.25) is 9.59 Å². The molecule has 20 heavy (non-hydrogen) atoms. The van der Waals surface area contributed by atoms with Gasteiger partial charge < -0.3 is 14.9 Å². The Morgan fingerprint density at radius 3 is 2.20 bits per heavy atom. The summed E-state index contributed by atoms with van der Waals surface area (Å²) in [4.78, 5) is 27.8.